The van der Waals surface area contributed by atoms with Gasteiger partial charge in [-0.1, -0.05) is 23.7 Å². The standard InChI is InChI=1S/C14H15ClN2O3/c1-8-4-5-9(6-10(8)15)13(18)12-14(20-3)17-11(19-2)7-16-12/h4-7,13,18H,1-3H3. The molecule has 20 heavy (non-hydrogen) atoms. The lowest BCUT2D eigenvalue weighted by Gasteiger charge is -2.14. The molecule has 0 bridgehead atoms. The maximum atomic E-state index is 10.4. The third-order valence-electron chi connectivity index (χ3n) is 2.92. The third-order valence-corrected chi connectivity index (χ3v) is 3.33. The van der Waals surface area contributed by atoms with Crippen molar-refractivity contribution < 1.29 is 14.6 Å². The highest BCUT2D eigenvalue weighted by molar-refractivity contribution is 6.31. The van der Waals surface area contributed by atoms with Crippen LogP contribution < -0.4 is 9.47 Å². The van der Waals surface area contributed by atoms with E-state index in [-0.39, 0.29) is 5.88 Å². The van der Waals surface area contributed by atoms with E-state index >= 15 is 0 Å². The lowest BCUT2D eigenvalue weighted by atomic mass is 10.0. The molecule has 1 aromatic carbocycles. The summed E-state index contributed by atoms with van der Waals surface area (Å²) in [6.45, 7) is 1.90. The van der Waals surface area contributed by atoms with Gasteiger partial charge in [-0.2, -0.15) is 4.98 Å². The molecule has 6 heteroatoms. The number of aliphatic hydroxyl groups is 1. The number of aromatic nitrogens is 2. The number of ether oxygens (including phenoxy) is 2. The van der Waals surface area contributed by atoms with Gasteiger partial charge in [0.25, 0.3) is 0 Å². The fourth-order valence-electron chi connectivity index (χ4n) is 1.74. The van der Waals surface area contributed by atoms with Gasteiger partial charge in [0.15, 0.2) is 0 Å². The van der Waals surface area contributed by atoms with Crippen LogP contribution in [0.25, 0.3) is 0 Å². The van der Waals surface area contributed by atoms with Crippen LogP contribution in [0.1, 0.15) is 22.9 Å². The largest absolute Gasteiger partial charge is 0.480 e. The van der Waals surface area contributed by atoms with E-state index in [1.165, 1.54) is 20.4 Å². The van der Waals surface area contributed by atoms with E-state index in [9.17, 15) is 5.11 Å². The molecule has 106 valence electrons. The van der Waals surface area contributed by atoms with Crippen molar-refractivity contribution in [1.82, 2.24) is 9.97 Å². The van der Waals surface area contributed by atoms with Gasteiger partial charge in [0.05, 0.1) is 20.4 Å². The van der Waals surface area contributed by atoms with Gasteiger partial charge in [0.2, 0.25) is 11.8 Å². The highest BCUT2D eigenvalue weighted by Gasteiger charge is 2.19. The molecule has 1 heterocycles. The number of aliphatic hydroxyl groups excluding tert-OH is 1. The molecule has 0 fully saturated rings. The average Bonchev–Trinajstić information content (AvgIpc) is 2.48. The zero-order valence-electron chi connectivity index (χ0n) is 11.4. The van der Waals surface area contributed by atoms with Crippen LogP contribution in [0.5, 0.6) is 11.8 Å². The Morgan fingerprint density at radius 2 is 2.00 bits per heavy atom. The molecule has 2 aromatic rings. The van der Waals surface area contributed by atoms with Gasteiger partial charge in [-0.15, -0.1) is 0 Å². The van der Waals surface area contributed by atoms with Crippen LogP contribution in [0.15, 0.2) is 24.4 Å². The zero-order chi connectivity index (χ0) is 14.7. The predicted octanol–water partition coefficient (Wildman–Crippen LogP) is 2.54. The number of benzene rings is 1. The fourth-order valence-corrected chi connectivity index (χ4v) is 1.93. The van der Waals surface area contributed by atoms with Crippen LogP contribution in [0.2, 0.25) is 5.02 Å². The first-order valence-electron chi connectivity index (χ1n) is 5.96. The SMILES string of the molecule is COc1cnc(C(O)c2ccc(C)c(Cl)c2)c(OC)n1. The molecule has 1 aromatic heterocycles. The van der Waals surface area contributed by atoms with Crippen LogP contribution in [-0.4, -0.2) is 29.3 Å². The molecule has 5 nitrogen and oxygen atoms in total. The average molecular weight is 295 g/mol. The van der Waals surface area contributed by atoms with E-state index in [1.807, 2.05) is 13.0 Å². The second kappa shape index (κ2) is 6.07. The lowest BCUT2D eigenvalue weighted by Crippen LogP contribution is -2.07. The molecule has 0 amide bonds. The lowest BCUT2D eigenvalue weighted by molar-refractivity contribution is 0.206. The van der Waals surface area contributed by atoms with Crippen molar-refractivity contribution in [3.8, 4) is 11.8 Å². The molecule has 1 unspecified atom stereocenters. The first-order chi connectivity index (χ1) is 9.56. The maximum Gasteiger partial charge on any atom is 0.241 e. The van der Waals surface area contributed by atoms with Crippen LogP contribution in [0, 0.1) is 6.92 Å². The highest BCUT2D eigenvalue weighted by Crippen LogP contribution is 2.30. The van der Waals surface area contributed by atoms with Crippen LogP contribution >= 0.6 is 11.6 Å². The first kappa shape index (κ1) is 14.6. The molecule has 1 atom stereocenters. The minimum absolute atomic E-state index is 0.216. The Bertz CT molecular complexity index is 619. The van der Waals surface area contributed by atoms with Gasteiger partial charge in [-0.05, 0) is 24.1 Å². The van der Waals surface area contributed by atoms with Gasteiger partial charge in [-0.25, -0.2) is 4.98 Å². The molecule has 1 N–H and O–H groups in total. The summed E-state index contributed by atoms with van der Waals surface area (Å²) in [6, 6.07) is 5.33. The number of methoxy groups -OCH3 is 2. The molecule has 0 radical (unpaired) electrons. The summed E-state index contributed by atoms with van der Waals surface area (Å²) in [5.41, 5.74) is 1.88. The van der Waals surface area contributed by atoms with E-state index in [0.29, 0.717) is 22.2 Å². The van der Waals surface area contributed by atoms with Crippen LogP contribution in [-0.2, 0) is 0 Å². The minimum atomic E-state index is -0.971. The number of nitrogens with zero attached hydrogens (tertiary/aromatic N) is 2. The molecule has 0 aliphatic carbocycles. The van der Waals surface area contributed by atoms with Crippen molar-refractivity contribution in [1.29, 1.82) is 0 Å². The summed E-state index contributed by atoms with van der Waals surface area (Å²) in [5.74, 6) is 0.535. The van der Waals surface area contributed by atoms with Crippen molar-refractivity contribution in [3.63, 3.8) is 0 Å². The summed E-state index contributed by atoms with van der Waals surface area (Å²) in [4.78, 5) is 8.24. The monoisotopic (exact) mass is 294 g/mol. The second-order valence-corrected chi connectivity index (χ2v) is 4.63. The molecule has 0 saturated carbocycles. The number of hydrogen-bond acceptors (Lipinski definition) is 5. The quantitative estimate of drug-likeness (QED) is 0.939. The molecular formula is C14H15ClN2O3. The molecule has 0 spiro atoms. The van der Waals surface area contributed by atoms with Crippen molar-refractivity contribution in [2.45, 2.75) is 13.0 Å². The van der Waals surface area contributed by atoms with Crippen LogP contribution in [0.3, 0.4) is 0 Å². The molecule has 0 saturated heterocycles. The summed E-state index contributed by atoms with van der Waals surface area (Å²) in [7, 11) is 2.95. The van der Waals surface area contributed by atoms with E-state index in [2.05, 4.69) is 9.97 Å². The van der Waals surface area contributed by atoms with Crippen molar-refractivity contribution in [2.24, 2.45) is 0 Å². The van der Waals surface area contributed by atoms with Crippen molar-refractivity contribution in [3.05, 3.63) is 46.2 Å². The number of rotatable bonds is 4. The second-order valence-electron chi connectivity index (χ2n) is 4.22. The fraction of sp³-hybridized carbons (Fsp3) is 0.286. The highest BCUT2D eigenvalue weighted by atomic mass is 35.5. The molecule has 0 aliphatic rings. The summed E-state index contributed by atoms with van der Waals surface area (Å²) >= 11 is 6.07. The zero-order valence-corrected chi connectivity index (χ0v) is 12.2. The number of aryl methyl sites for hydroxylation is 1. The van der Waals surface area contributed by atoms with E-state index in [4.69, 9.17) is 21.1 Å². The van der Waals surface area contributed by atoms with E-state index in [0.717, 1.165) is 5.56 Å². The minimum Gasteiger partial charge on any atom is -0.480 e. The molecular weight excluding hydrogens is 280 g/mol. The third kappa shape index (κ3) is 2.84. The Kier molecular flexibility index (Phi) is 4.42. The van der Waals surface area contributed by atoms with Crippen LogP contribution in [0.4, 0.5) is 0 Å². The van der Waals surface area contributed by atoms with Gasteiger partial charge in [-0.3, -0.25) is 0 Å². The summed E-state index contributed by atoms with van der Waals surface area (Å²) in [6.07, 6.45) is 0.457. The predicted molar refractivity (Wildman–Crippen MR) is 75.4 cm³/mol. The van der Waals surface area contributed by atoms with Gasteiger partial charge < -0.3 is 14.6 Å². The smallest absolute Gasteiger partial charge is 0.241 e. The summed E-state index contributed by atoms with van der Waals surface area (Å²) < 4.78 is 10.1. The first-order valence-corrected chi connectivity index (χ1v) is 6.33. The van der Waals surface area contributed by atoms with Gasteiger partial charge in [0.1, 0.15) is 11.8 Å². The van der Waals surface area contributed by atoms with E-state index < -0.39 is 6.10 Å². The Labute approximate surface area is 122 Å². The topological polar surface area (TPSA) is 64.5 Å². The van der Waals surface area contributed by atoms with E-state index in [1.54, 1.807) is 12.1 Å². The Morgan fingerprint density at radius 1 is 1.25 bits per heavy atom. The van der Waals surface area contributed by atoms with Gasteiger partial charge >= 0.3 is 0 Å². The normalized spacial score (nSPS) is 12.1. The summed E-state index contributed by atoms with van der Waals surface area (Å²) in [5, 5.41) is 11.0. The van der Waals surface area contributed by atoms with Crippen molar-refractivity contribution >= 4 is 11.6 Å². The molecule has 0 aliphatic heterocycles. The maximum absolute atomic E-state index is 10.4. The van der Waals surface area contributed by atoms with Gasteiger partial charge in [0, 0.05) is 5.02 Å². The Hall–Kier alpha value is -1.85. The Morgan fingerprint density at radius 3 is 2.60 bits per heavy atom. The number of hydrogen-bond donors (Lipinski definition) is 1. The van der Waals surface area contributed by atoms with Crippen molar-refractivity contribution in [2.75, 3.05) is 14.2 Å². The molecule has 2 rings (SSSR count). The number of halogens is 1. The Balaban J connectivity index is 2.41.